The Morgan fingerprint density at radius 2 is 1.33 bits per heavy atom. The Balaban J connectivity index is 2.25. The molecule has 124 valence electrons. The minimum atomic E-state index is -0.246. The Hall–Kier alpha value is -2.55. The fraction of sp³-hybridized carbons (Fsp3) is 0.286. The van der Waals surface area contributed by atoms with Gasteiger partial charge in [0, 0.05) is 0 Å². The number of aromatic amines is 1. The van der Waals surface area contributed by atoms with Crippen LogP contribution in [0.15, 0.2) is 53.3 Å². The van der Waals surface area contributed by atoms with E-state index in [2.05, 4.69) is 57.1 Å². The van der Waals surface area contributed by atoms with Gasteiger partial charge < -0.3 is 0 Å². The van der Waals surface area contributed by atoms with Crippen LogP contribution in [0.25, 0.3) is 16.9 Å². The predicted octanol–water partition coefficient (Wildman–Crippen LogP) is 4.75. The van der Waals surface area contributed by atoms with E-state index in [9.17, 15) is 4.79 Å². The van der Waals surface area contributed by atoms with Gasteiger partial charge >= 0.3 is 0 Å². The van der Waals surface area contributed by atoms with Crippen LogP contribution in [0.1, 0.15) is 37.5 Å². The van der Waals surface area contributed by atoms with E-state index in [0.717, 1.165) is 22.5 Å². The molecule has 24 heavy (non-hydrogen) atoms. The lowest BCUT2D eigenvalue weighted by Gasteiger charge is -2.17. The van der Waals surface area contributed by atoms with Crippen molar-refractivity contribution in [3.8, 4) is 16.9 Å². The fourth-order valence-corrected chi connectivity index (χ4v) is 2.94. The van der Waals surface area contributed by atoms with Gasteiger partial charge in [0.1, 0.15) is 0 Å². The summed E-state index contributed by atoms with van der Waals surface area (Å²) in [7, 11) is 0. The summed E-state index contributed by atoms with van der Waals surface area (Å²) < 4.78 is 1.65. The summed E-state index contributed by atoms with van der Waals surface area (Å²) in [5.74, 6) is 0. The lowest BCUT2D eigenvalue weighted by atomic mass is 9.85. The number of hydrogen-bond donors (Lipinski definition) is 1. The van der Waals surface area contributed by atoms with Crippen LogP contribution in [0.3, 0.4) is 0 Å². The van der Waals surface area contributed by atoms with Gasteiger partial charge in [-0.3, -0.25) is 9.89 Å². The van der Waals surface area contributed by atoms with E-state index in [1.54, 1.807) is 4.68 Å². The van der Waals surface area contributed by atoms with Gasteiger partial charge in [-0.15, -0.1) is 0 Å². The third-order valence-electron chi connectivity index (χ3n) is 4.27. The molecule has 0 bridgehead atoms. The van der Waals surface area contributed by atoms with Crippen molar-refractivity contribution in [2.75, 3.05) is 0 Å². The molecule has 1 N–H and O–H groups in total. The number of H-pyrrole nitrogens is 1. The van der Waals surface area contributed by atoms with Crippen molar-refractivity contribution in [1.29, 1.82) is 0 Å². The molecule has 3 rings (SSSR count). The van der Waals surface area contributed by atoms with Gasteiger partial charge in [-0.05, 0) is 37.0 Å². The first-order valence-electron chi connectivity index (χ1n) is 8.27. The van der Waals surface area contributed by atoms with Crippen molar-refractivity contribution < 1.29 is 0 Å². The minimum absolute atomic E-state index is 0.0157. The number of benzene rings is 2. The third-order valence-corrected chi connectivity index (χ3v) is 4.27. The molecule has 1 heterocycles. The van der Waals surface area contributed by atoms with Gasteiger partial charge in [0.25, 0.3) is 5.56 Å². The average Bonchev–Trinajstić information content (AvgIpc) is 2.86. The van der Waals surface area contributed by atoms with E-state index in [1.807, 2.05) is 31.2 Å². The fourth-order valence-electron chi connectivity index (χ4n) is 2.94. The van der Waals surface area contributed by atoms with Crippen LogP contribution in [-0.4, -0.2) is 9.78 Å². The highest BCUT2D eigenvalue weighted by Crippen LogP contribution is 2.30. The largest absolute Gasteiger partial charge is 0.290 e. The topological polar surface area (TPSA) is 37.8 Å². The molecule has 0 saturated heterocycles. The van der Waals surface area contributed by atoms with Crippen molar-refractivity contribution in [3.05, 3.63) is 75.6 Å². The number of nitrogens with one attached hydrogen (secondary N) is 1. The van der Waals surface area contributed by atoms with E-state index < -0.39 is 0 Å². The normalized spacial score (nSPS) is 11.7. The van der Waals surface area contributed by atoms with Crippen molar-refractivity contribution in [2.24, 2.45) is 0 Å². The Morgan fingerprint density at radius 3 is 1.83 bits per heavy atom. The van der Waals surface area contributed by atoms with E-state index in [-0.39, 0.29) is 11.0 Å². The molecule has 0 aliphatic heterocycles. The zero-order valence-electron chi connectivity index (χ0n) is 15.0. The highest BCUT2D eigenvalue weighted by Gasteiger charge is 2.26. The molecule has 0 fully saturated rings. The van der Waals surface area contributed by atoms with Crippen molar-refractivity contribution in [2.45, 2.75) is 40.0 Å². The highest BCUT2D eigenvalue weighted by molar-refractivity contribution is 5.65. The number of nitrogens with zero attached hydrogens (tertiary/aromatic N) is 1. The average molecular weight is 320 g/mol. The molecule has 0 unspecified atom stereocenters. The summed E-state index contributed by atoms with van der Waals surface area (Å²) in [6.45, 7) is 10.3. The van der Waals surface area contributed by atoms with Crippen LogP contribution in [0, 0.1) is 13.8 Å². The number of aromatic nitrogens is 2. The van der Waals surface area contributed by atoms with Gasteiger partial charge in [0.2, 0.25) is 0 Å². The molecule has 3 heteroatoms. The maximum Gasteiger partial charge on any atom is 0.275 e. The van der Waals surface area contributed by atoms with Gasteiger partial charge in [-0.1, -0.05) is 68.3 Å². The Kier molecular flexibility index (Phi) is 3.96. The standard InChI is InChI=1S/C21H24N2O/c1-14-6-10-16(11-7-14)19-18(21(3,4)5)20(24)23(22-19)17-12-8-15(2)9-13-17/h6-13,22H,1-5H3. The maximum atomic E-state index is 13.1. The van der Waals surface area contributed by atoms with Crippen LogP contribution >= 0.6 is 0 Å². The molecule has 0 amide bonds. The van der Waals surface area contributed by atoms with E-state index >= 15 is 0 Å². The minimum Gasteiger partial charge on any atom is -0.290 e. The number of aryl methyl sites for hydroxylation is 2. The van der Waals surface area contributed by atoms with E-state index in [0.29, 0.717) is 0 Å². The molecule has 1 aromatic heterocycles. The summed E-state index contributed by atoms with van der Waals surface area (Å²) in [4.78, 5) is 13.1. The van der Waals surface area contributed by atoms with Gasteiger partial charge in [-0.2, -0.15) is 0 Å². The molecule has 0 spiro atoms. The lowest BCUT2D eigenvalue weighted by Crippen LogP contribution is -2.25. The smallest absolute Gasteiger partial charge is 0.275 e. The zero-order valence-corrected chi connectivity index (χ0v) is 15.0. The summed E-state index contributed by atoms with van der Waals surface area (Å²) in [5, 5.41) is 3.33. The van der Waals surface area contributed by atoms with Crippen molar-refractivity contribution in [3.63, 3.8) is 0 Å². The molecule has 0 aliphatic rings. The van der Waals surface area contributed by atoms with Gasteiger partial charge in [0.05, 0.1) is 16.9 Å². The van der Waals surface area contributed by atoms with Gasteiger partial charge in [-0.25, -0.2) is 4.68 Å². The molecule has 0 atom stereocenters. The first-order valence-corrected chi connectivity index (χ1v) is 8.27. The molecule has 0 aliphatic carbocycles. The predicted molar refractivity (Wildman–Crippen MR) is 100.0 cm³/mol. The molecular weight excluding hydrogens is 296 g/mol. The van der Waals surface area contributed by atoms with Crippen LogP contribution in [-0.2, 0) is 5.41 Å². The zero-order chi connectivity index (χ0) is 17.5. The molecule has 0 radical (unpaired) electrons. The summed E-state index contributed by atoms with van der Waals surface area (Å²) in [6, 6.07) is 16.3. The Morgan fingerprint density at radius 1 is 0.833 bits per heavy atom. The second-order valence-corrected chi connectivity index (χ2v) is 7.45. The monoisotopic (exact) mass is 320 g/mol. The van der Waals surface area contributed by atoms with Crippen LogP contribution in [0.2, 0.25) is 0 Å². The molecule has 2 aromatic carbocycles. The highest BCUT2D eigenvalue weighted by atomic mass is 16.1. The molecule has 3 nitrogen and oxygen atoms in total. The Labute approximate surface area is 143 Å². The second-order valence-electron chi connectivity index (χ2n) is 7.45. The van der Waals surface area contributed by atoms with E-state index in [1.165, 1.54) is 11.1 Å². The number of rotatable bonds is 2. The summed E-state index contributed by atoms with van der Waals surface area (Å²) >= 11 is 0. The quantitative estimate of drug-likeness (QED) is 0.727. The summed E-state index contributed by atoms with van der Waals surface area (Å²) in [5.41, 5.74) is 5.75. The van der Waals surface area contributed by atoms with Crippen molar-refractivity contribution in [1.82, 2.24) is 9.78 Å². The second kappa shape index (κ2) is 5.82. The van der Waals surface area contributed by atoms with Crippen molar-refractivity contribution >= 4 is 0 Å². The van der Waals surface area contributed by atoms with Crippen LogP contribution < -0.4 is 5.56 Å². The van der Waals surface area contributed by atoms with Gasteiger partial charge in [0.15, 0.2) is 0 Å². The van der Waals surface area contributed by atoms with E-state index in [4.69, 9.17) is 0 Å². The van der Waals surface area contributed by atoms with Crippen LogP contribution in [0.4, 0.5) is 0 Å². The molecular formula is C21H24N2O. The molecule has 0 saturated carbocycles. The first kappa shape index (κ1) is 16.3. The number of hydrogen-bond acceptors (Lipinski definition) is 1. The maximum absolute atomic E-state index is 13.1. The Bertz CT molecular complexity index is 904. The first-order chi connectivity index (χ1) is 11.3. The SMILES string of the molecule is Cc1ccc(-c2[nH]n(-c3ccc(C)cc3)c(=O)c2C(C)(C)C)cc1. The molecule has 3 aromatic rings. The lowest BCUT2D eigenvalue weighted by molar-refractivity contribution is 0.586. The third kappa shape index (κ3) is 2.94. The van der Waals surface area contributed by atoms with Crippen LogP contribution in [0.5, 0.6) is 0 Å². The summed E-state index contributed by atoms with van der Waals surface area (Å²) in [6.07, 6.45) is 0.